The Balaban J connectivity index is 2.64. The number of rotatable bonds is 3. The minimum atomic E-state index is 0.648. The monoisotopic (exact) mass is 184 g/mol. The Morgan fingerprint density at radius 3 is 2.25 bits per heavy atom. The fraction of sp³-hybridized carbons (Fsp3) is 0.400. The van der Waals surface area contributed by atoms with Crippen LogP contribution in [-0.2, 0) is 6.54 Å². The molecule has 1 rings (SSSR count). The fourth-order valence-corrected chi connectivity index (χ4v) is 1.20. The molecule has 0 unspecified atom stereocenters. The summed E-state index contributed by atoms with van der Waals surface area (Å²) < 4.78 is 0.825. The van der Waals surface area contributed by atoms with E-state index in [9.17, 15) is 0 Å². The lowest BCUT2D eigenvalue weighted by Gasteiger charge is -2.26. The van der Waals surface area contributed by atoms with Gasteiger partial charge in [-0.15, -0.1) is 0 Å². The van der Waals surface area contributed by atoms with Crippen molar-refractivity contribution >= 4 is 11.6 Å². The van der Waals surface area contributed by atoms with E-state index in [-0.39, 0.29) is 0 Å². The Morgan fingerprint density at radius 1 is 1.17 bits per heavy atom. The molecule has 1 nitrogen and oxygen atoms in total. The van der Waals surface area contributed by atoms with Crippen LogP contribution in [0.3, 0.4) is 0 Å². The van der Waals surface area contributed by atoms with Crippen molar-refractivity contribution in [2.75, 3.05) is 20.1 Å². The summed E-state index contributed by atoms with van der Waals surface area (Å²) >= 11 is 5.82. The van der Waals surface area contributed by atoms with Gasteiger partial charge in [0.15, 0.2) is 6.00 Å². The SMILES string of the molecule is C[N+](C)(CCl)Cc1ccccc1. The highest BCUT2D eigenvalue weighted by Gasteiger charge is 2.12. The molecule has 0 spiro atoms. The van der Waals surface area contributed by atoms with Crippen molar-refractivity contribution in [3.63, 3.8) is 0 Å². The van der Waals surface area contributed by atoms with Crippen LogP contribution in [0.5, 0.6) is 0 Å². The average molecular weight is 185 g/mol. The molecular weight excluding hydrogens is 170 g/mol. The third-order valence-corrected chi connectivity index (χ3v) is 2.42. The summed E-state index contributed by atoms with van der Waals surface area (Å²) in [5.41, 5.74) is 1.34. The molecule has 66 valence electrons. The molecule has 0 bridgehead atoms. The van der Waals surface area contributed by atoms with Crippen LogP contribution in [0.25, 0.3) is 0 Å². The van der Waals surface area contributed by atoms with Gasteiger partial charge in [-0.25, -0.2) is 0 Å². The van der Waals surface area contributed by atoms with Gasteiger partial charge in [-0.1, -0.05) is 41.9 Å². The number of nitrogens with zero attached hydrogens (tertiary/aromatic N) is 1. The van der Waals surface area contributed by atoms with Crippen molar-refractivity contribution < 1.29 is 4.48 Å². The van der Waals surface area contributed by atoms with Crippen LogP contribution in [0.2, 0.25) is 0 Å². The number of halogens is 1. The Morgan fingerprint density at radius 2 is 1.75 bits per heavy atom. The molecule has 0 radical (unpaired) electrons. The summed E-state index contributed by atoms with van der Waals surface area (Å²) in [4.78, 5) is 0. The standard InChI is InChI=1S/C10H15ClN/c1-12(2,9-11)8-10-6-4-3-5-7-10/h3-7H,8-9H2,1-2H3/q+1. The Kier molecular flexibility index (Phi) is 3.12. The van der Waals surface area contributed by atoms with Gasteiger partial charge in [-0.2, -0.15) is 0 Å². The first kappa shape index (κ1) is 9.56. The molecule has 2 heteroatoms. The van der Waals surface area contributed by atoms with Gasteiger partial charge in [-0.3, -0.25) is 0 Å². The summed E-state index contributed by atoms with van der Waals surface area (Å²) in [7, 11) is 4.25. The van der Waals surface area contributed by atoms with E-state index in [1.165, 1.54) is 5.56 Å². The first-order valence-corrected chi connectivity index (χ1v) is 4.59. The highest BCUT2D eigenvalue weighted by atomic mass is 35.5. The molecule has 0 amide bonds. The minimum Gasteiger partial charge on any atom is -0.312 e. The van der Waals surface area contributed by atoms with E-state index in [1.807, 2.05) is 6.07 Å². The summed E-state index contributed by atoms with van der Waals surface area (Å²) in [6.45, 7) is 0.990. The van der Waals surface area contributed by atoms with Gasteiger partial charge >= 0.3 is 0 Å². The highest BCUT2D eigenvalue weighted by Crippen LogP contribution is 2.09. The molecule has 0 aliphatic rings. The van der Waals surface area contributed by atoms with Crippen LogP contribution in [0.4, 0.5) is 0 Å². The number of quaternary nitrogens is 1. The molecule has 0 heterocycles. The minimum absolute atomic E-state index is 0.648. The summed E-state index contributed by atoms with van der Waals surface area (Å²) in [5.74, 6) is 0. The topological polar surface area (TPSA) is 0 Å². The van der Waals surface area contributed by atoms with Gasteiger partial charge < -0.3 is 4.48 Å². The van der Waals surface area contributed by atoms with Gasteiger partial charge in [0.25, 0.3) is 0 Å². The van der Waals surface area contributed by atoms with E-state index >= 15 is 0 Å². The van der Waals surface area contributed by atoms with Gasteiger partial charge in [0.05, 0.1) is 14.1 Å². The molecule has 0 aliphatic carbocycles. The molecule has 0 saturated carbocycles. The van der Waals surface area contributed by atoms with E-state index < -0.39 is 0 Å². The van der Waals surface area contributed by atoms with Gasteiger partial charge in [0.1, 0.15) is 6.54 Å². The smallest absolute Gasteiger partial charge is 0.154 e. The van der Waals surface area contributed by atoms with Crippen LogP contribution in [-0.4, -0.2) is 24.6 Å². The van der Waals surface area contributed by atoms with E-state index in [2.05, 4.69) is 38.4 Å². The van der Waals surface area contributed by atoms with E-state index in [4.69, 9.17) is 11.6 Å². The molecule has 0 N–H and O–H groups in total. The first-order chi connectivity index (χ1) is 5.64. The molecule has 0 fully saturated rings. The second-order valence-electron chi connectivity index (χ2n) is 3.70. The number of hydrogen-bond acceptors (Lipinski definition) is 0. The van der Waals surface area contributed by atoms with Crippen LogP contribution < -0.4 is 0 Å². The zero-order valence-electron chi connectivity index (χ0n) is 7.63. The third kappa shape index (κ3) is 2.84. The van der Waals surface area contributed by atoms with Crippen molar-refractivity contribution in [1.29, 1.82) is 0 Å². The molecule has 0 saturated heterocycles. The van der Waals surface area contributed by atoms with Crippen molar-refractivity contribution in [3.05, 3.63) is 35.9 Å². The van der Waals surface area contributed by atoms with E-state index in [0.29, 0.717) is 6.00 Å². The van der Waals surface area contributed by atoms with Crippen molar-refractivity contribution in [1.82, 2.24) is 0 Å². The van der Waals surface area contributed by atoms with Crippen LogP contribution in [0, 0.1) is 0 Å². The molecule has 12 heavy (non-hydrogen) atoms. The maximum absolute atomic E-state index is 5.82. The zero-order valence-corrected chi connectivity index (χ0v) is 8.38. The zero-order chi connectivity index (χ0) is 9.03. The predicted octanol–water partition coefficient (Wildman–Crippen LogP) is 2.46. The van der Waals surface area contributed by atoms with E-state index in [1.54, 1.807) is 0 Å². The number of alkyl halides is 1. The fourth-order valence-electron chi connectivity index (χ4n) is 1.12. The maximum Gasteiger partial charge on any atom is 0.154 e. The van der Waals surface area contributed by atoms with Crippen LogP contribution in [0.15, 0.2) is 30.3 Å². The Labute approximate surface area is 79.2 Å². The maximum atomic E-state index is 5.82. The van der Waals surface area contributed by atoms with Crippen LogP contribution >= 0.6 is 11.6 Å². The van der Waals surface area contributed by atoms with Gasteiger partial charge in [-0.05, 0) is 0 Å². The Bertz CT molecular complexity index is 231. The normalized spacial score (nSPS) is 11.6. The van der Waals surface area contributed by atoms with Crippen molar-refractivity contribution in [2.24, 2.45) is 0 Å². The van der Waals surface area contributed by atoms with Crippen LogP contribution in [0.1, 0.15) is 5.56 Å². The largest absolute Gasteiger partial charge is 0.312 e. The Hall–Kier alpha value is -0.530. The summed E-state index contributed by atoms with van der Waals surface area (Å²) in [5, 5.41) is 0. The molecular formula is C10H15ClN+. The predicted molar refractivity (Wildman–Crippen MR) is 53.0 cm³/mol. The van der Waals surface area contributed by atoms with Crippen molar-refractivity contribution in [3.8, 4) is 0 Å². The summed E-state index contributed by atoms with van der Waals surface area (Å²) in [6.07, 6.45) is 0. The molecule has 0 aromatic heterocycles. The second kappa shape index (κ2) is 3.92. The average Bonchev–Trinajstić information content (AvgIpc) is 2.06. The quantitative estimate of drug-likeness (QED) is 0.385. The number of hydrogen-bond donors (Lipinski definition) is 0. The molecule has 1 aromatic carbocycles. The lowest BCUT2D eigenvalue weighted by Crippen LogP contribution is -2.37. The lowest BCUT2D eigenvalue weighted by molar-refractivity contribution is -0.892. The van der Waals surface area contributed by atoms with Crippen molar-refractivity contribution in [2.45, 2.75) is 6.54 Å². The molecule has 0 atom stereocenters. The van der Waals surface area contributed by atoms with Gasteiger partial charge in [0.2, 0.25) is 0 Å². The second-order valence-corrected chi connectivity index (χ2v) is 3.94. The van der Waals surface area contributed by atoms with E-state index in [0.717, 1.165) is 11.0 Å². The van der Waals surface area contributed by atoms with Gasteiger partial charge in [0, 0.05) is 5.56 Å². The first-order valence-electron chi connectivity index (χ1n) is 4.06. The summed E-state index contributed by atoms with van der Waals surface area (Å²) in [6, 6.07) is 11.1. The number of benzene rings is 1. The third-order valence-electron chi connectivity index (χ3n) is 1.78. The molecule has 1 aromatic rings. The lowest BCUT2D eigenvalue weighted by atomic mass is 10.2. The molecule has 0 aliphatic heterocycles. The highest BCUT2D eigenvalue weighted by molar-refractivity contribution is 6.16.